The number of furan rings is 1. The van der Waals surface area contributed by atoms with E-state index in [9.17, 15) is 13.2 Å². The van der Waals surface area contributed by atoms with Gasteiger partial charge in [-0.1, -0.05) is 25.1 Å². The van der Waals surface area contributed by atoms with E-state index < -0.39 is 10.0 Å². The molecule has 1 aromatic heterocycles. The second kappa shape index (κ2) is 7.65. The number of anilines is 1. The predicted molar refractivity (Wildman–Crippen MR) is 113 cm³/mol. The van der Waals surface area contributed by atoms with Gasteiger partial charge in [-0.05, 0) is 56.0 Å². The molecule has 1 N–H and O–H groups in total. The molecule has 0 saturated carbocycles. The predicted octanol–water partition coefficient (Wildman–Crippen LogP) is 4.41. The van der Waals surface area contributed by atoms with Gasteiger partial charge in [0.2, 0.25) is 10.0 Å². The molecule has 1 unspecified atom stereocenters. The normalized spacial score (nSPS) is 18.1. The molecule has 1 fully saturated rings. The van der Waals surface area contributed by atoms with E-state index in [0.717, 1.165) is 23.8 Å². The highest BCUT2D eigenvalue weighted by atomic mass is 32.2. The van der Waals surface area contributed by atoms with Crippen LogP contribution in [0.15, 0.2) is 57.8 Å². The monoisotopic (exact) mass is 412 g/mol. The van der Waals surface area contributed by atoms with E-state index in [1.807, 2.05) is 31.2 Å². The quantitative estimate of drug-likeness (QED) is 0.688. The largest absolute Gasteiger partial charge is 0.451 e. The van der Waals surface area contributed by atoms with Crippen LogP contribution in [-0.4, -0.2) is 31.7 Å². The smallest absolute Gasteiger partial charge is 0.291 e. The molecule has 0 aliphatic carbocycles. The average molecular weight is 413 g/mol. The van der Waals surface area contributed by atoms with Crippen LogP contribution in [-0.2, 0) is 10.0 Å². The molecule has 6 nitrogen and oxygen atoms in total. The van der Waals surface area contributed by atoms with Crippen LogP contribution in [0, 0.1) is 12.8 Å². The highest BCUT2D eigenvalue weighted by Gasteiger charge is 2.28. The molecular weight excluding hydrogens is 388 g/mol. The van der Waals surface area contributed by atoms with Crippen molar-refractivity contribution in [2.75, 3.05) is 18.4 Å². The van der Waals surface area contributed by atoms with Crippen LogP contribution in [0.4, 0.5) is 5.69 Å². The highest BCUT2D eigenvalue weighted by Crippen LogP contribution is 2.27. The van der Waals surface area contributed by atoms with Gasteiger partial charge in [-0.15, -0.1) is 0 Å². The summed E-state index contributed by atoms with van der Waals surface area (Å²) < 4.78 is 32.9. The molecule has 29 heavy (non-hydrogen) atoms. The number of hydrogen-bond acceptors (Lipinski definition) is 4. The van der Waals surface area contributed by atoms with E-state index in [0.29, 0.717) is 30.3 Å². The van der Waals surface area contributed by atoms with Gasteiger partial charge in [-0.2, -0.15) is 4.31 Å². The van der Waals surface area contributed by atoms with Gasteiger partial charge in [0, 0.05) is 29.7 Å². The van der Waals surface area contributed by atoms with Gasteiger partial charge in [-0.25, -0.2) is 8.42 Å². The van der Waals surface area contributed by atoms with Crippen LogP contribution in [0.3, 0.4) is 0 Å². The van der Waals surface area contributed by atoms with E-state index >= 15 is 0 Å². The zero-order valence-corrected chi connectivity index (χ0v) is 17.3. The fourth-order valence-corrected chi connectivity index (χ4v) is 5.40. The molecule has 7 heteroatoms. The summed E-state index contributed by atoms with van der Waals surface area (Å²) in [6, 6.07) is 13.8. The number of fused-ring (bicyclic) bond motifs is 1. The van der Waals surface area contributed by atoms with Gasteiger partial charge >= 0.3 is 0 Å². The summed E-state index contributed by atoms with van der Waals surface area (Å²) in [5.41, 5.74) is 1.95. The first kappa shape index (κ1) is 19.7. The van der Waals surface area contributed by atoms with Crippen LogP contribution in [0.1, 0.15) is 35.9 Å². The lowest BCUT2D eigenvalue weighted by Gasteiger charge is -2.30. The second-order valence-corrected chi connectivity index (χ2v) is 9.58. The van der Waals surface area contributed by atoms with Crippen LogP contribution in [0.25, 0.3) is 11.0 Å². The third-order valence-electron chi connectivity index (χ3n) is 5.42. The number of benzene rings is 2. The van der Waals surface area contributed by atoms with Crippen LogP contribution in [0.2, 0.25) is 0 Å². The Hall–Kier alpha value is -2.64. The summed E-state index contributed by atoms with van der Waals surface area (Å²) in [5, 5.41) is 3.68. The topological polar surface area (TPSA) is 79.6 Å². The second-order valence-electron chi connectivity index (χ2n) is 7.64. The summed E-state index contributed by atoms with van der Waals surface area (Å²) in [7, 11) is -3.51. The van der Waals surface area contributed by atoms with E-state index in [2.05, 4.69) is 12.2 Å². The summed E-state index contributed by atoms with van der Waals surface area (Å²) >= 11 is 0. The van der Waals surface area contributed by atoms with Crippen molar-refractivity contribution in [3.05, 3.63) is 59.9 Å². The molecular formula is C22H24N2O4S. The number of amides is 1. The number of hydrogen-bond donors (Lipinski definition) is 1. The van der Waals surface area contributed by atoms with Gasteiger partial charge in [0.05, 0.1) is 4.90 Å². The van der Waals surface area contributed by atoms with Gasteiger partial charge in [0.1, 0.15) is 5.58 Å². The number of carbonyl (C=O) groups excluding carboxylic acids is 1. The number of para-hydroxylation sites is 1. The first-order valence-corrected chi connectivity index (χ1v) is 11.2. The Morgan fingerprint density at radius 1 is 1.14 bits per heavy atom. The SMILES string of the molecule is Cc1c(C(=O)Nc2ccc(S(=O)(=O)N3CCCC(C)C3)cc2)oc2ccccc12. The third kappa shape index (κ3) is 3.80. The van der Waals surface area contributed by atoms with E-state index in [1.54, 1.807) is 16.4 Å². The minimum Gasteiger partial charge on any atom is -0.451 e. The van der Waals surface area contributed by atoms with Crippen molar-refractivity contribution in [1.29, 1.82) is 0 Å². The number of nitrogens with zero attached hydrogens (tertiary/aromatic N) is 1. The molecule has 0 bridgehead atoms. The Morgan fingerprint density at radius 3 is 2.55 bits per heavy atom. The molecule has 1 atom stereocenters. The molecule has 4 rings (SSSR count). The van der Waals surface area contributed by atoms with Crippen LogP contribution < -0.4 is 5.32 Å². The standard InChI is InChI=1S/C22H24N2O4S/c1-15-6-5-13-24(14-15)29(26,27)18-11-9-17(10-12-18)23-22(25)21-16(2)19-7-3-4-8-20(19)28-21/h3-4,7-12,15H,5-6,13-14H2,1-2H3,(H,23,25). The van der Waals surface area contributed by atoms with Crippen LogP contribution >= 0.6 is 0 Å². The molecule has 0 radical (unpaired) electrons. The van der Waals surface area contributed by atoms with Crippen molar-refractivity contribution in [3.8, 4) is 0 Å². The molecule has 3 aromatic rings. The van der Waals surface area contributed by atoms with Gasteiger partial charge in [-0.3, -0.25) is 4.79 Å². The zero-order chi connectivity index (χ0) is 20.6. The Morgan fingerprint density at radius 2 is 1.86 bits per heavy atom. The van der Waals surface area contributed by atoms with Gasteiger partial charge in [0.15, 0.2) is 5.76 Å². The molecule has 2 heterocycles. The molecule has 1 amide bonds. The number of carbonyl (C=O) groups is 1. The van der Waals surface area contributed by atoms with Gasteiger partial charge in [0.25, 0.3) is 5.91 Å². The summed E-state index contributed by atoms with van der Waals surface area (Å²) in [5.74, 6) is 0.258. The van der Waals surface area contributed by atoms with Crippen molar-refractivity contribution in [3.63, 3.8) is 0 Å². The average Bonchev–Trinajstić information content (AvgIpc) is 3.05. The van der Waals surface area contributed by atoms with E-state index in [-0.39, 0.29) is 16.6 Å². The zero-order valence-electron chi connectivity index (χ0n) is 16.5. The Bertz CT molecular complexity index is 1150. The maximum atomic E-state index is 12.9. The Kier molecular flexibility index (Phi) is 5.19. The van der Waals surface area contributed by atoms with Gasteiger partial charge < -0.3 is 9.73 Å². The van der Waals surface area contributed by atoms with Crippen molar-refractivity contribution < 1.29 is 17.6 Å². The molecule has 1 aliphatic heterocycles. The number of nitrogens with one attached hydrogen (secondary N) is 1. The Labute approximate surface area is 170 Å². The highest BCUT2D eigenvalue weighted by molar-refractivity contribution is 7.89. The van der Waals surface area contributed by atoms with Crippen molar-refractivity contribution in [2.24, 2.45) is 5.92 Å². The molecule has 1 aliphatic rings. The maximum Gasteiger partial charge on any atom is 0.291 e. The fraction of sp³-hybridized carbons (Fsp3) is 0.318. The summed E-state index contributed by atoms with van der Waals surface area (Å²) in [6.07, 6.45) is 1.93. The lowest BCUT2D eigenvalue weighted by molar-refractivity contribution is 0.0998. The molecule has 0 spiro atoms. The minimum atomic E-state index is -3.51. The molecule has 152 valence electrons. The number of sulfonamides is 1. The van der Waals surface area contributed by atoms with Crippen molar-refractivity contribution in [2.45, 2.75) is 31.6 Å². The van der Waals surface area contributed by atoms with Crippen LogP contribution in [0.5, 0.6) is 0 Å². The van der Waals surface area contributed by atoms with Crippen molar-refractivity contribution >= 4 is 32.6 Å². The summed E-state index contributed by atoms with van der Waals surface area (Å²) in [6.45, 7) is 5.01. The maximum absolute atomic E-state index is 12.9. The van der Waals surface area contributed by atoms with Crippen molar-refractivity contribution in [1.82, 2.24) is 4.31 Å². The molecule has 2 aromatic carbocycles. The Balaban J connectivity index is 1.52. The first-order valence-electron chi connectivity index (χ1n) is 9.76. The van der Waals surface area contributed by atoms with E-state index in [4.69, 9.17) is 4.42 Å². The number of piperidine rings is 1. The minimum absolute atomic E-state index is 0.240. The summed E-state index contributed by atoms with van der Waals surface area (Å²) in [4.78, 5) is 12.9. The lowest BCUT2D eigenvalue weighted by atomic mass is 10.0. The fourth-order valence-electron chi connectivity index (χ4n) is 3.80. The van der Waals surface area contributed by atoms with E-state index in [1.165, 1.54) is 12.1 Å². The number of rotatable bonds is 4. The lowest BCUT2D eigenvalue weighted by Crippen LogP contribution is -2.39. The number of aryl methyl sites for hydroxylation is 1. The third-order valence-corrected chi connectivity index (χ3v) is 7.30. The first-order chi connectivity index (χ1) is 13.9. The molecule has 1 saturated heterocycles.